The molecule has 3 rings (SSSR count). The first-order valence-corrected chi connectivity index (χ1v) is 9.33. The van der Waals surface area contributed by atoms with E-state index in [9.17, 15) is 14.4 Å². The van der Waals surface area contributed by atoms with Crippen molar-refractivity contribution in [3.63, 3.8) is 0 Å². The molecule has 2 aromatic rings. The zero-order valence-corrected chi connectivity index (χ0v) is 15.7. The third-order valence-corrected chi connectivity index (χ3v) is 4.75. The summed E-state index contributed by atoms with van der Waals surface area (Å²) < 4.78 is 10.5. The van der Waals surface area contributed by atoms with Gasteiger partial charge >= 0.3 is 5.97 Å². The number of aryl methyl sites for hydroxylation is 1. The molecule has 1 aliphatic carbocycles. The van der Waals surface area contributed by atoms with Gasteiger partial charge in [0.2, 0.25) is 0 Å². The van der Waals surface area contributed by atoms with Gasteiger partial charge in [-0.15, -0.1) is 0 Å². The molecule has 0 aliphatic heterocycles. The number of hydrogen-bond donors (Lipinski definition) is 1. The lowest BCUT2D eigenvalue weighted by Crippen LogP contribution is -2.39. The summed E-state index contributed by atoms with van der Waals surface area (Å²) in [5, 5.41) is 2.97. The highest BCUT2D eigenvalue weighted by molar-refractivity contribution is 5.84. The average molecular weight is 381 g/mol. The number of hydrogen-bond acceptors (Lipinski definition) is 5. The van der Waals surface area contributed by atoms with Gasteiger partial charge in [0.1, 0.15) is 5.75 Å². The first-order valence-electron chi connectivity index (χ1n) is 9.33. The van der Waals surface area contributed by atoms with Crippen molar-refractivity contribution in [3.8, 4) is 5.75 Å². The van der Waals surface area contributed by atoms with E-state index in [0.29, 0.717) is 17.6 Å². The molecule has 0 saturated heterocycles. The number of amides is 1. The van der Waals surface area contributed by atoms with Gasteiger partial charge in [-0.1, -0.05) is 36.4 Å². The molecular weight excluding hydrogens is 358 g/mol. The van der Waals surface area contributed by atoms with E-state index in [1.165, 1.54) is 12.5 Å². The summed E-state index contributed by atoms with van der Waals surface area (Å²) in [6, 6.07) is 14.6. The molecule has 6 nitrogen and oxygen atoms in total. The molecule has 0 fully saturated rings. The van der Waals surface area contributed by atoms with Crippen LogP contribution in [-0.4, -0.2) is 30.9 Å². The van der Waals surface area contributed by atoms with Gasteiger partial charge < -0.3 is 14.8 Å². The fourth-order valence-electron chi connectivity index (χ4n) is 3.32. The van der Waals surface area contributed by atoms with Gasteiger partial charge in [-0.05, 0) is 49.4 Å². The van der Waals surface area contributed by atoms with Crippen molar-refractivity contribution in [3.05, 3.63) is 65.2 Å². The molecule has 28 heavy (non-hydrogen) atoms. The number of esters is 1. The zero-order chi connectivity index (χ0) is 19.9. The van der Waals surface area contributed by atoms with Crippen LogP contribution in [0.5, 0.6) is 5.75 Å². The maximum absolute atomic E-state index is 12.5. The maximum Gasteiger partial charge on any atom is 0.344 e. The molecule has 2 atom stereocenters. The third kappa shape index (κ3) is 4.76. The number of ether oxygens (including phenoxy) is 2. The van der Waals surface area contributed by atoms with Crippen LogP contribution in [0.3, 0.4) is 0 Å². The number of benzene rings is 2. The molecule has 0 unspecified atom stereocenters. The van der Waals surface area contributed by atoms with Crippen LogP contribution in [0.15, 0.2) is 48.5 Å². The number of carbonyl (C=O) groups excluding carboxylic acids is 3. The van der Waals surface area contributed by atoms with Crippen molar-refractivity contribution in [2.24, 2.45) is 0 Å². The second-order valence-corrected chi connectivity index (χ2v) is 6.73. The largest absolute Gasteiger partial charge is 0.481 e. The van der Waals surface area contributed by atoms with E-state index < -0.39 is 12.1 Å². The molecule has 1 aliphatic rings. The van der Waals surface area contributed by atoms with Crippen molar-refractivity contribution in [1.29, 1.82) is 0 Å². The van der Waals surface area contributed by atoms with Crippen molar-refractivity contribution in [2.75, 3.05) is 6.61 Å². The highest BCUT2D eigenvalue weighted by Gasteiger charge is 2.25. The van der Waals surface area contributed by atoms with E-state index in [0.717, 1.165) is 24.8 Å². The fraction of sp³-hybridized carbons (Fsp3) is 0.318. The van der Waals surface area contributed by atoms with Crippen molar-refractivity contribution in [2.45, 2.75) is 38.3 Å². The SMILES string of the molecule is C[C@H](OC(=O)COc1ccccc1C=O)C(=O)N[C@H]1CCCc2ccccc21. The molecular formula is C22H23NO5. The normalized spacial score (nSPS) is 16.4. The highest BCUT2D eigenvalue weighted by atomic mass is 16.6. The van der Waals surface area contributed by atoms with Gasteiger partial charge in [0.05, 0.1) is 11.6 Å². The number of rotatable bonds is 7. The first-order chi connectivity index (χ1) is 13.6. The number of carbonyl (C=O) groups is 3. The Bertz CT molecular complexity index is 864. The fourth-order valence-corrected chi connectivity index (χ4v) is 3.32. The summed E-state index contributed by atoms with van der Waals surface area (Å²) in [6.07, 6.45) is 2.58. The maximum atomic E-state index is 12.5. The lowest BCUT2D eigenvalue weighted by molar-refractivity contribution is -0.156. The van der Waals surface area contributed by atoms with Gasteiger partial charge in [0.25, 0.3) is 5.91 Å². The predicted octanol–water partition coefficient (Wildman–Crippen LogP) is 3.00. The molecule has 1 N–H and O–H groups in total. The van der Waals surface area contributed by atoms with E-state index in [1.54, 1.807) is 24.3 Å². The molecule has 0 heterocycles. The van der Waals surface area contributed by atoms with Crippen LogP contribution in [0.2, 0.25) is 0 Å². The Morgan fingerprint density at radius 3 is 2.75 bits per heavy atom. The van der Waals surface area contributed by atoms with E-state index >= 15 is 0 Å². The molecule has 0 spiro atoms. The van der Waals surface area contributed by atoms with Crippen molar-refractivity contribution in [1.82, 2.24) is 5.32 Å². The summed E-state index contributed by atoms with van der Waals surface area (Å²) in [7, 11) is 0. The Balaban J connectivity index is 1.52. The standard InChI is InChI=1S/C22H23NO5/c1-15(28-21(25)14-27-20-12-5-3-8-17(20)13-24)22(26)23-19-11-6-9-16-7-2-4-10-18(16)19/h2-5,7-8,10,12-13,15,19H,6,9,11,14H2,1H3,(H,23,26)/t15-,19-/m0/s1. The molecule has 6 heteroatoms. The van der Waals surface area contributed by atoms with Crippen LogP contribution in [0.4, 0.5) is 0 Å². The summed E-state index contributed by atoms with van der Waals surface area (Å²) in [5.41, 5.74) is 2.71. The molecule has 146 valence electrons. The lowest BCUT2D eigenvalue weighted by atomic mass is 9.87. The monoisotopic (exact) mass is 381 g/mol. The van der Waals surface area contributed by atoms with Crippen LogP contribution in [0.1, 0.15) is 47.3 Å². The van der Waals surface area contributed by atoms with Gasteiger partial charge in [-0.25, -0.2) is 4.79 Å². The van der Waals surface area contributed by atoms with E-state index in [2.05, 4.69) is 11.4 Å². The van der Waals surface area contributed by atoms with Gasteiger partial charge in [0.15, 0.2) is 19.0 Å². The second-order valence-electron chi connectivity index (χ2n) is 6.73. The summed E-state index contributed by atoms with van der Waals surface area (Å²) in [6.45, 7) is 1.15. The van der Waals surface area contributed by atoms with E-state index in [4.69, 9.17) is 9.47 Å². The second kappa shape index (κ2) is 9.17. The minimum atomic E-state index is -0.938. The summed E-state index contributed by atoms with van der Waals surface area (Å²) in [4.78, 5) is 35.4. The Kier molecular flexibility index (Phi) is 6.42. The topological polar surface area (TPSA) is 81.7 Å². The summed E-state index contributed by atoms with van der Waals surface area (Å²) >= 11 is 0. The average Bonchev–Trinajstić information content (AvgIpc) is 2.72. The molecule has 0 bridgehead atoms. The highest BCUT2D eigenvalue weighted by Crippen LogP contribution is 2.29. The Morgan fingerprint density at radius 1 is 1.18 bits per heavy atom. The van der Waals surface area contributed by atoms with E-state index in [-0.39, 0.29) is 18.6 Å². The minimum absolute atomic E-state index is 0.0747. The first kappa shape index (κ1) is 19.6. The van der Waals surface area contributed by atoms with Gasteiger partial charge in [-0.3, -0.25) is 9.59 Å². The summed E-state index contributed by atoms with van der Waals surface area (Å²) in [5.74, 6) is -0.721. The number of nitrogens with one attached hydrogen (secondary N) is 1. The zero-order valence-electron chi connectivity index (χ0n) is 15.7. The third-order valence-electron chi connectivity index (χ3n) is 4.75. The van der Waals surface area contributed by atoms with Crippen LogP contribution in [0.25, 0.3) is 0 Å². The molecule has 0 aromatic heterocycles. The lowest BCUT2D eigenvalue weighted by Gasteiger charge is -2.27. The number of aldehydes is 1. The minimum Gasteiger partial charge on any atom is -0.481 e. The Labute approximate surface area is 163 Å². The number of fused-ring (bicyclic) bond motifs is 1. The predicted molar refractivity (Wildman–Crippen MR) is 103 cm³/mol. The van der Waals surface area contributed by atoms with Gasteiger partial charge in [0, 0.05) is 0 Å². The molecule has 1 amide bonds. The van der Waals surface area contributed by atoms with Crippen molar-refractivity contribution < 1.29 is 23.9 Å². The van der Waals surface area contributed by atoms with Crippen LogP contribution in [0, 0.1) is 0 Å². The van der Waals surface area contributed by atoms with Crippen LogP contribution < -0.4 is 10.1 Å². The Morgan fingerprint density at radius 2 is 1.93 bits per heavy atom. The van der Waals surface area contributed by atoms with Gasteiger partial charge in [-0.2, -0.15) is 0 Å². The van der Waals surface area contributed by atoms with Crippen molar-refractivity contribution >= 4 is 18.2 Å². The van der Waals surface area contributed by atoms with Crippen LogP contribution in [-0.2, 0) is 20.7 Å². The number of para-hydroxylation sites is 1. The molecule has 0 radical (unpaired) electrons. The van der Waals surface area contributed by atoms with E-state index in [1.807, 2.05) is 18.2 Å². The smallest absolute Gasteiger partial charge is 0.344 e. The molecule has 2 aromatic carbocycles. The molecule has 0 saturated carbocycles. The van der Waals surface area contributed by atoms with Crippen LogP contribution >= 0.6 is 0 Å². The quantitative estimate of drug-likeness (QED) is 0.589. The Hall–Kier alpha value is -3.15.